The lowest BCUT2D eigenvalue weighted by molar-refractivity contribution is -0.139. The Hall–Kier alpha value is -4.90. The number of hydrogen-bond donors (Lipinski definition) is 0. The van der Waals surface area contributed by atoms with Gasteiger partial charge in [-0.2, -0.15) is 0 Å². The topological polar surface area (TPSA) is 110 Å². The molecule has 1 aliphatic rings. The highest BCUT2D eigenvalue weighted by Crippen LogP contribution is 2.36. The van der Waals surface area contributed by atoms with Gasteiger partial charge in [-0.25, -0.2) is 14.6 Å². The number of nitrogens with zero attached hydrogens (tertiary/aromatic N) is 3. The predicted octanol–water partition coefficient (Wildman–Crippen LogP) is 4.32. The van der Waals surface area contributed by atoms with Gasteiger partial charge < -0.3 is 23.5 Å². The van der Waals surface area contributed by atoms with Crippen LogP contribution in [0.5, 0.6) is 11.5 Å². The number of aromatic nitrogens is 2. The molecule has 0 amide bonds. The summed E-state index contributed by atoms with van der Waals surface area (Å²) in [6, 6.07) is 12.0. The molecule has 3 heterocycles. The van der Waals surface area contributed by atoms with Crippen LogP contribution in [0.2, 0.25) is 0 Å². The molecular formula is C34H35N3O7S. The van der Waals surface area contributed by atoms with Crippen molar-refractivity contribution in [1.29, 1.82) is 0 Å². The van der Waals surface area contributed by atoms with E-state index in [1.165, 1.54) is 25.6 Å². The van der Waals surface area contributed by atoms with Crippen molar-refractivity contribution >= 4 is 29.4 Å². The summed E-state index contributed by atoms with van der Waals surface area (Å²) in [5.74, 6) is 0.0457. The smallest absolute Gasteiger partial charge is 0.338 e. The molecule has 0 spiro atoms. The Morgan fingerprint density at radius 3 is 2.38 bits per heavy atom. The molecule has 0 radical (unpaired) electrons. The molecule has 0 aliphatic carbocycles. The Bertz CT molecular complexity index is 2050. The maximum Gasteiger partial charge on any atom is 0.338 e. The zero-order chi connectivity index (χ0) is 32.6. The molecule has 0 saturated heterocycles. The van der Waals surface area contributed by atoms with Gasteiger partial charge in [0.25, 0.3) is 5.56 Å². The van der Waals surface area contributed by atoms with E-state index in [1.54, 1.807) is 49.8 Å². The second-order valence-corrected chi connectivity index (χ2v) is 11.5. The molecule has 234 valence electrons. The SMILES string of the molecule is CCOC(=O)C1=C(C)N=c2s/c(=C/c3cc(C)n(-c4cccc(C(=O)OC)c4C)c3C)c(=O)n2[C@H]1c1ccc(OC)c(OC)c1. The van der Waals surface area contributed by atoms with Gasteiger partial charge in [-0.1, -0.05) is 23.5 Å². The number of carbonyl (C=O) groups is 2. The van der Waals surface area contributed by atoms with Crippen molar-refractivity contribution in [3.8, 4) is 17.2 Å². The fraction of sp³-hybridized carbons (Fsp3) is 0.294. The van der Waals surface area contributed by atoms with E-state index in [4.69, 9.17) is 18.9 Å². The van der Waals surface area contributed by atoms with Crippen LogP contribution in [0.1, 0.15) is 58.3 Å². The number of rotatable bonds is 8. The number of aryl methyl sites for hydroxylation is 1. The van der Waals surface area contributed by atoms with Gasteiger partial charge in [-0.05, 0) is 87.7 Å². The summed E-state index contributed by atoms with van der Waals surface area (Å²) < 4.78 is 25.4. The number of thiazole rings is 1. The average Bonchev–Trinajstić information content (AvgIpc) is 3.48. The summed E-state index contributed by atoms with van der Waals surface area (Å²) in [4.78, 5) is 45.0. The summed E-state index contributed by atoms with van der Waals surface area (Å²) in [6.07, 6.45) is 1.84. The molecule has 2 aromatic carbocycles. The summed E-state index contributed by atoms with van der Waals surface area (Å²) in [7, 11) is 4.44. The van der Waals surface area contributed by atoms with Gasteiger partial charge in [0.1, 0.15) is 0 Å². The molecule has 10 nitrogen and oxygen atoms in total. The first-order chi connectivity index (χ1) is 21.6. The van der Waals surface area contributed by atoms with Crippen molar-refractivity contribution in [3.63, 3.8) is 0 Å². The lowest BCUT2D eigenvalue weighted by atomic mass is 9.95. The summed E-state index contributed by atoms with van der Waals surface area (Å²) in [6.45, 7) is 9.48. The number of fused-ring (bicyclic) bond motifs is 1. The fourth-order valence-corrected chi connectivity index (χ4v) is 6.81. The van der Waals surface area contributed by atoms with Crippen LogP contribution < -0.4 is 24.4 Å². The third-order valence-corrected chi connectivity index (χ3v) is 8.93. The molecule has 0 N–H and O–H groups in total. The lowest BCUT2D eigenvalue weighted by Crippen LogP contribution is -2.40. The summed E-state index contributed by atoms with van der Waals surface area (Å²) in [5, 5.41) is 0. The number of methoxy groups -OCH3 is 3. The normalized spacial score (nSPS) is 14.6. The third-order valence-electron chi connectivity index (χ3n) is 7.95. The Kier molecular flexibility index (Phi) is 8.83. The first kappa shape index (κ1) is 31.5. The largest absolute Gasteiger partial charge is 0.493 e. The highest BCUT2D eigenvalue weighted by atomic mass is 32.1. The van der Waals surface area contributed by atoms with Gasteiger partial charge in [0.2, 0.25) is 0 Å². The van der Waals surface area contributed by atoms with Crippen LogP contribution in [0.15, 0.2) is 63.5 Å². The van der Waals surface area contributed by atoms with Crippen LogP contribution in [-0.2, 0) is 14.3 Å². The van der Waals surface area contributed by atoms with E-state index in [2.05, 4.69) is 9.56 Å². The number of hydrogen-bond acceptors (Lipinski definition) is 9. The minimum Gasteiger partial charge on any atom is -0.493 e. The Morgan fingerprint density at radius 2 is 1.71 bits per heavy atom. The number of allylic oxidation sites excluding steroid dienone is 1. The van der Waals surface area contributed by atoms with Crippen LogP contribution in [0, 0.1) is 20.8 Å². The first-order valence-corrected chi connectivity index (χ1v) is 15.2. The molecule has 5 rings (SSSR count). The quantitative estimate of drug-likeness (QED) is 0.267. The molecule has 1 atom stereocenters. The van der Waals surface area contributed by atoms with Gasteiger partial charge in [0.05, 0.1) is 55.3 Å². The maximum atomic E-state index is 14.2. The van der Waals surface area contributed by atoms with Crippen LogP contribution >= 0.6 is 11.3 Å². The predicted molar refractivity (Wildman–Crippen MR) is 171 cm³/mol. The van der Waals surface area contributed by atoms with Crippen molar-refractivity contribution in [1.82, 2.24) is 9.13 Å². The molecule has 2 aromatic heterocycles. The van der Waals surface area contributed by atoms with Gasteiger partial charge in [-0.15, -0.1) is 0 Å². The van der Waals surface area contributed by atoms with E-state index in [0.29, 0.717) is 37.7 Å². The van der Waals surface area contributed by atoms with E-state index < -0.39 is 18.0 Å². The molecule has 0 unspecified atom stereocenters. The van der Waals surface area contributed by atoms with Crippen LogP contribution in [0.4, 0.5) is 0 Å². The highest BCUT2D eigenvalue weighted by molar-refractivity contribution is 7.07. The van der Waals surface area contributed by atoms with Gasteiger partial charge in [0.15, 0.2) is 16.3 Å². The van der Waals surface area contributed by atoms with Crippen molar-refractivity contribution in [2.45, 2.75) is 40.7 Å². The van der Waals surface area contributed by atoms with Crippen molar-refractivity contribution < 1.29 is 28.5 Å². The number of esters is 2. The van der Waals surface area contributed by atoms with Gasteiger partial charge >= 0.3 is 11.9 Å². The van der Waals surface area contributed by atoms with Crippen molar-refractivity contribution in [2.75, 3.05) is 27.9 Å². The van der Waals surface area contributed by atoms with Crippen LogP contribution in [-0.4, -0.2) is 49.0 Å². The zero-order valence-corrected chi connectivity index (χ0v) is 27.3. The van der Waals surface area contributed by atoms with Crippen LogP contribution in [0.3, 0.4) is 0 Å². The second kappa shape index (κ2) is 12.6. The third kappa shape index (κ3) is 5.48. The lowest BCUT2D eigenvalue weighted by Gasteiger charge is -2.25. The van der Waals surface area contributed by atoms with E-state index in [1.807, 2.05) is 45.0 Å². The first-order valence-electron chi connectivity index (χ1n) is 14.3. The van der Waals surface area contributed by atoms with E-state index in [9.17, 15) is 14.4 Å². The molecule has 0 fully saturated rings. The van der Waals surface area contributed by atoms with E-state index in [0.717, 1.165) is 28.2 Å². The minimum atomic E-state index is -0.793. The summed E-state index contributed by atoms with van der Waals surface area (Å²) >= 11 is 1.25. The molecule has 0 saturated carbocycles. The molecule has 45 heavy (non-hydrogen) atoms. The minimum absolute atomic E-state index is 0.177. The Labute approximate surface area is 264 Å². The van der Waals surface area contributed by atoms with Crippen molar-refractivity contribution in [3.05, 3.63) is 107 Å². The Morgan fingerprint density at radius 1 is 0.978 bits per heavy atom. The maximum absolute atomic E-state index is 14.2. The van der Waals surface area contributed by atoms with Gasteiger partial charge in [0, 0.05) is 17.1 Å². The van der Waals surface area contributed by atoms with E-state index >= 15 is 0 Å². The average molecular weight is 630 g/mol. The number of benzene rings is 2. The monoisotopic (exact) mass is 629 g/mol. The van der Waals surface area contributed by atoms with Crippen molar-refractivity contribution in [2.24, 2.45) is 4.99 Å². The number of carbonyl (C=O) groups excluding carboxylic acids is 2. The molecule has 1 aliphatic heterocycles. The van der Waals surface area contributed by atoms with E-state index in [-0.39, 0.29) is 17.7 Å². The van der Waals surface area contributed by atoms with Crippen LogP contribution in [0.25, 0.3) is 11.8 Å². The fourth-order valence-electron chi connectivity index (χ4n) is 5.77. The second-order valence-electron chi connectivity index (χ2n) is 10.5. The number of ether oxygens (including phenoxy) is 4. The molecule has 4 aromatic rings. The standard InChI is InChI=1S/C34H35N3O7S/c1-9-44-33(40)29-20(4)35-34-37(30(29)22-13-14-26(41-6)27(16-22)42-7)31(38)28(45-34)17-23-15-18(2)36(21(23)5)25-12-10-11-24(19(25)3)32(39)43-8/h10-17,30H,9H2,1-8H3/b28-17+/t30-/m0/s1. The molecule has 0 bridgehead atoms. The Balaban J connectivity index is 1.70. The highest BCUT2D eigenvalue weighted by Gasteiger charge is 2.34. The zero-order valence-electron chi connectivity index (χ0n) is 26.5. The molecule has 11 heteroatoms. The summed E-state index contributed by atoms with van der Waals surface area (Å²) in [5.41, 5.74) is 5.89. The molecular weight excluding hydrogens is 594 g/mol. The van der Waals surface area contributed by atoms with Gasteiger partial charge in [-0.3, -0.25) is 9.36 Å².